The molecule has 9 rings (SSSR count). The molecule has 0 spiro atoms. The van der Waals surface area contributed by atoms with Crippen molar-refractivity contribution in [1.82, 2.24) is 9.97 Å². The molecule has 51 heavy (non-hydrogen) atoms. The molecule has 0 saturated heterocycles. The van der Waals surface area contributed by atoms with E-state index in [1.165, 1.54) is 27.5 Å². The summed E-state index contributed by atoms with van der Waals surface area (Å²) in [6.07, 6.45) is 0. The Morgan fingerprint density at radius 1 is 0.451 bits per heavy atom. The fourth-order valence-electron chi connectivity index (χ4n) is 7.65. The van der Waals surface area contributed by atoms with Crippen molar-refractivity contribution in [3.8, 4) is 67.3 Å². The highest BCUT2D eigenvalue weighted by Gasteiger charge is 2.38. The van der Waals surface area contributed by atoms with Crippen LogP contribution in [-0.2, 0) is 5.41 Å². The Balaban J connectivity index is 1.10. The lowest BCUT2D eigenvalue weighted by Crippen LogP contribution is -2.14. The van der Waals surface area contributed by atoms with Crippen molar-refractivity contribution in [2.75, 3.05) is 0 Å². The van der Waals surface area contributed by atoms with Crippen LogP contribution in [0.15, 0.2) is 164 Å². The quantitative estimate of drug-likeness (QED) is 0.173. The molecule has 1 heterocycles. The van der Waals surface area contributed by atoms with Crippen molar-refractivity contribution < 1.29 is 0 Å². The zero-order chi connectivity index (χ0) is 34.5. The second-order valence-electron chi connectivity index (χ2n) is 13.7. The van der Waals surface area contributed by atoms with Crippen LogP contribution >= 0.6 is 0 Å². The molecule has 0 radical (unpaired) electrons. The third-order valence-corrected chi connectivity index (χ3v) is 10.3. The first kappa shape index (κ1) is 30.4. The third-order valence-electron chi connectivity index (χ3n) is 10.3. The van der Waals surface area contributed by atoms with Gasteiger partial charge in [0.05, 0.1) is 18.0 Å². The highest BCUT2D eigenvalue weighted by Crippen LogP contribution is 2.55. The van der Waals surface area contributed by atoms with Crippen molar-refractivity contribution >= 4 is 16.5 Å². The van der Waals surface area contributed by atoms with Crippen molar-refractivity contribution in [3.05, 3.63) is 186 Å². The van der Waals surface area contributed by atoms with E-state index in [1.807, 2.05) is 30.3 Å². The van der Waals surface area contributed by atoms with E-state index in [9.17, 15) is 0 Å². The summed E-state index contributed by atoms with van der Waals surface area (Å²) in [5.41, 5.74) is 14.6. The van der Waals surface area contributed by atoms with Gasteiger partial charge in [-0.25, -0.2) is 14.8 Å². The maximum atomic E-state index is 7.94. The van der Waals surface area contributed by atoms with Gasteiger partial charge >= 0.3 is 0 Å². The van der Waals surface area contributed by atoms with E-state index in [0.717, 1.165) is 55.9 Å². The molecular formula is C48H33N3. The van der Waals surface area contributed by atoms with E-state index >= 15 is 0 Å². The Hall–Kier alpha value is -6.63. The topological polar surface area (TPSA) is 30.1 Å². The van der Waals surface area contributed by atoms with Crippen molar-refractivity contribution in [2.45, 2.75) is 19.3 Å². The van der Waals surface area contributed by atoms with Gasteiger partial charge in [-0.05, 0) is 73.5 Å². The molecule has 3 heteroatoms. The molecule has 8 aromatic rings. The first-order valence-electron chi connectivity index (χ1n) is 17.3. The van der Waals surface area contributed by atoms with Crippen LogP contribution in [0.5, 0.6) is 0 Å². The molecular weight excluding hydrogens is 619 g/mol. The van der Waals surface area contributed by atoms with Gasteiger partial charge in [-0.2, -0.15) is 0 Å². The predicted molar refractivity (Wildman–Crippen MR) is 211 cm³/mol. The molecule has 7 aromatic carbocycles. The maximum Gasteiger partial charge on any atom is 0.195 e. The van der Waals surface area contributed by atoms with Gasteiger partial charge < -0.3 is 0 Å². The van der Waals surface area contributed by atoms with Gasteiger partial charge in [-0.15, -0.1) is 0 Å². The maximum absolute atomic E-state index is 7.94. The number of aromatic nitrogens is 2. The van der Waals surface area contributed by atoms with Gasteiger partial charge in [0.25, 0.3) is 0 Å². The molecule has 0 atom stereocenters. The molecule has 0 aliphatic heterocycles. The molecule has 0 amide bonds. The van der Waals surface area contributed by atoms with Gasteiger partial charge in [0.2, 0.25) is 0 Å². The fourth-order valence-corrected chi connectivity index (χ4v) is 7.65. The normalized spacial score (nSPS) is 12.6. The molecule has 1 aromatic heterocycles. The Kier molecular flexibility index (Phi) is 7.19. The van der Waals surface area contributed by atoms with Crippen molar-refractivity contribution in [1.29, 1.82) is 0 Å². The fraction of sp³-hybridized carbons (Fsp3) is 0.0625. The van der Waals surface area contributed by atoms with Gasteiger partial charge in [0.1, 0.15) is 0 Å². The van der Waals surface area contributed by atoms with Gasteiger partial charge in [0.15, 0.2) is 11.5 Å². The molecule has 0 saturated carbocycles. The smallest absolute Gasteiger partial charge is 0.195 e. The molecule has 0 unspecified atom stereocenters. The number of nitrogens with zero attached hydrogens (tertiary/aromatic N) is 3. The SMILES string of the molecule is [C-]#[N+]c1cccc2c1-c1c(-c3cccc(-c4ccc(-c5nc(-c6ccccc6)cc(-c6ccc7ccccc7c6)n5)cc4)c3)cccc1C2(C)C. The molecule has 1 aliphatic carbocycles. The number of benzene rings is 7. The van der Waals surface area contributed by atoms with E-state index in [-0.39, 0.29) is 5.41 Å². The van der Waals surface area contributed by atoms with E-state index in [2.05, 4.69) is 152 Å². The van der Waals surface area contributed by atoms with Crippen LogP contribution in [0.25, 0.3) is 82.9 Å². The highest BCUT2D eigenvalue weighted by molar-refractivity contribution is 5.98. The van der Waals surface area contributed by atoms with Crippen LogP contribution in [0, 0.1) is 6.57 Å². The van der Waals surface area contributed by atoms with Crippen molar-refractivity contribution in [2.24, 2.45) is 0 Å². The van der Waals surface area contributed by atoms with Crippen LogP contribution in [0.1, 0.15) is 25.0 Å². The highest BCUT2D eigenvalue weighted by atomic mass is 14.9. The Bertz CT molecular complexity index is 2660. The van der Waals surface area contributed by atoms with E-state index in [0.29, 0.717) is 11.5 Å². The van der Waals surface area contributed by atoms with Gasteiger partial charge in [-0.3, -0.25) is 0 Å². The average molecular weight is 652 g/mol. The van der Waals surface area contributed by atoms with Crippen LogP contribution < -0.4 is 0 Å². The monoisotopic (exact) mass is 651 g/mol. The molecule has 0 bridgehead atoms. The minimum atomic E-state index is -0.178. The zero-order valence-corrected chi connectivity index (χ0v) is 28.4. The third kappa shape index (κ3) is 5.21. The second kappa shape index (κ2) is 12.1. The van der Waals surface area contributed by atoms with Crippen LogP contribution in [0.4, 0.5) is 5.69 Å². The summed E-state index contributed by atoms with van der Waals surface area (Å²) in [4.78, 5) is 14.1. The molecule has 0 N–H and O–H groups in total. The first-order chi connectivity index (χ1) is 25.0. The molecule has 1 aliphatic rings. The average Bonchev–Trinajstić information content (AvgIpc) is 3.44. The summed E-state index contributed by atoms with van der Waals surface area (Å²) in [5, 5.41) is 2.39. The van der Waals surface area contributed by atoms with Gasteiger partial charge in [0, 0.05) is 22.1 Å². The molecule has 3 nitrogen and oxygen atoms in total. The van der Waals surface area contributed by atoms with Crippen LogP contribution in [0.2, 0.25) is 0 Å². The lowest BCUT2D eigenvalue weighted by Gasteiger charge is -2.22. The lowest BCUT2D eigenvalue weighted by molar-refractivity contribution is 0.660. The number of rotatable bonds is 5. The molecule has 0 fully saturated rings. The summed E-state index contributed by atoms with van der Waals surface area (Å²) in [6, 6.07) is 57.3. The Morgan fingerprint density at radius 3 is 1.84 bits per heavy atom. The number of hydrogen-bond donors (Lipinski definition) is 0. The summed E-state index contributed by atoms with van der Waals surface area (Å²) in [6.45, 7) is 12.5. The Morgan fingerprint density at radius 2 is 1.06 bits per heavy atom. The van der Waals surface area contributed by atoms with Crippen molar-refractivity contribution in [3.63, 3.8) is 0 Å². The Labute approximate surface area is 298 Å². The summed E-state index contributed by atoms with van der Waals surface area (Å²) in [7, 11) is 0. The van der Waals surface area contributed by atoms with E-state index in [1.54, 1.807) is 0 Å². The second-order valence-corrected chi connectivity index (χ2v) is 13.7. The van der Waals surface area contributed by atoms with Crippen LogP contribution in [0.3, 0.4) is 0 Å². The van der Waals surface area contributed by atoms with E-state index in [4.69, 9.17) is 16.5 Å². The molecule has 240 valence electrons. The summed E-state index contributed by atoms with van der Waals surface area (Å²) in [5.74, 6) is 0.691. The summed E-state index contributed by atoms with van der Waals surface area (Å²) < 4.78 is 0. The number of hydrogen-bond acceptors (Lipinski definition) is 2. The number of fused-ring (bicyclic) bond motifs is 4. The predicted octanol–water partition coefficient (Wildman–Crippen LogP) is 12.8. The van der Waals surface area contributed by atoms with Gasteiger partial charge in [-0.1, -0.05) is 159 Å². The summed E-state index contributed by atoms with van der Waals surface area (Å²) >= 11 is 0. The zero-order valence-electron chi connectivity index (χ0n) is 28.4. The first-order valence-corrected chi connectivity index (χ1v) is 17.3. The lowest BCUT2D eigenvalue weighted by atomic mass is 9.82. The van der Waals surface area contributed by atoms with E-state index < -0.39 is 0 Å². The standard InChI is InChI=1S/C48H33N3/c1-48(2)40-19-10-18-39(45(40)46-41(48)20-11-21-42(46)49-3)37-17-9-16-36(28-37)32-22-25-34(26-23-32)47-50-43(33-13-5-4-6-14-33)30-44(51-47)38-27-24-31-12-7-8-15-35(31)29-38/h4-30H,1-2H3. The minimum Gasteiger partial charge on any atom is -0.238 e. The minimum absolute atomic E-state index is 0.178. The van der Waals surface area contributed by atoms with Crippen LogP contribution in [-0.4, -0.2) is 9.97 Å². The largest absolute Gasteiger partial charge is 0.238 e.